The van der Waals surface area contributed by atoms with Gasteiger partial charge in [-0.1, -0.05) is 0 Å². The van der Waals surface area contributed by atoms with Gasteiger partial charge in [0.25, 0.3) is 5.89 Å². The summed E-state index contributed by atoms with van der Waals surface area (Å²) >= 11 is 0. The number of rotatable bonds is 5. The molecule has 0 atom stereocenters. The topological polar surface area (TPSA) is 86.1 Å². The van der Waals surface area contributed by atoms with Gasteiger partial charge in [-0.15, -0.1) is 10.2 Å². The van der Waals surface area contributed by atoms with E-state index in [9.17, 15) is 9.18 Å². The van der Waals surface area contributed by atoms with Crippen molar-refractivity contribution in [2.45, 2.75) is 20.4 Å². The van der Waals surface area contributed by atoms with Gasteiger partial charge < -0.3 is 18.7 Å². The third kappa shape index (κ3) is 3.44. The quantitative estimate of drug-likeness (QED) is 0.561. The zero-order valence-electron chi connectivity index (χ0n) is 15.3. The van der Waals surface area contributed by atoms with Crippen LogP contribution < -0.4 is 5.32 Å². The third-order valence-electron chi connectivity index (χ3n) is 4.39. The molecule has 3 heterocycles. The normalized spacial score (nSPS) is 11.0. The number of amides is 1. The van der Waals surface area contributed by atoms with Crippen LogP contribution in [0.5, 0.6) is 0 Å². The zero-order chi connectivity index (χ0) is 19.7. The molecule has 0 radical (unpaired) electrons. The van der Waals surface area contributed by atoms with E-state index in [2.05, 4.69) is 15.5 Å². The summed E-state index contributed by atoms with van der Waals surface area (Å²) in [4.78, 5) is 12.4. The summed E-state index contributed by atoms with van der Waals surface area (Å²) in [5.74, 6) is 0.560. The van der Waals surface area contributed by atoms with Gasteiger partial charge in [0.1, 0.15) is 12.4 Å². The molecule has 0 spiro atoms. The second kappa shape index (κ2) is 7.15. The second-order valence-corrected chi connectivity index (χ2v) is 6.32. The van der Waals surface area contributed by atoms with E-state index in [-0.39, 0.29) is 18.3 Å². The van der Waals surface area contributed by atoms with Gasteiger partial charge in [-0.25, -0.2) is 4.39 Å². The Bertz CT molecular complexity index is 1110. The fourth-order valence-electron chi connectivity index (χ4n) is 2.97. The van der Waals surface area contributed by atoms with Crippen molar-refractivity contribution < 1.29 is 18.0 Å². The van der Waals surface area contributed by atoms with Crippen molar-refractivity contribution in [3.8, 4) is 23.1 Å². The van der Waals surface area contributed by atoms with Crippen molar-refractivity contribution in [2.24, 2.45) is 0 Å². The SMILES string of the molecule is Cc1cc(-c2nnc(-c3ccco3)o2)c(C)n1CC(=O)Nc1ccc(F)cc1. The van der Waals surface area contributed by atoms with Gasteiger partial charge in [0.05, 0.1) is 11.8 Å². The fraction of sp³-hybridized carbons (Fsp3) is 0.150. The van der Waals surface area contributed by atoms with Crippen molar-refractivity contribution in [2.75, 3.05) is 5.32 Å². The molecule has 0 aliphatic carbocycles. The monoisotopic (exact) mass is 380 g/mol. The van der Waals surface area contributed by atoms with E-state index < -0.39 is 0 Å². The van der Waals surface area contributed by atoms with Crippen LogP contribution in [0.3, 0.4) is 0 Å². The minimum Gasteiger partial charge on any atom is -0.459 e. The van der Waals surface area contributed by atoms with Crippen LogP contribution in [0.4, 0.5) is 10.1 Å². The third-order valence-corrected chi connectivity index (χ3v) is 4.39. The van der Waals surface area contributed by atoms with Gasteiger partial charge in [-0.2, -0.15) is 0 Å². The lowest BCUT2D eigenvalue weighted by molar-refractivity contribution is -0.116. The molecular weight excluding hydrogens is 363 g/mol. The summed E-state index contributed by atoms with van der Waals surface area (Å²) in [7, 11) is 0. The molecule has 8 heteroatoms. The van der Waals surface area contributed by atoms with E-state index >= 15 is 0 Å². The Balaban J connectivity index is 1.54. The molecule has 4 rings (SSSR count). The average molecular weight is 380 g/mol. The lowest BCUT2D eigenvalue weighted by Gasteiger charge is -2.10. The van der Waals surface area contributed by atoms with Crippen LogP contribution in [0.2, 0.25) is 0 Å². The predicted molar refractivity (Wildman–Crippen MR) is 99.9 cm³/mol. The Morgan fingerprint density at radius 2 is 1.89 bits per heavy atom. The highest BCUT2D eigenvalue weighted by molar-refractivity contribution is 5.90. The summed E-state index contributed by atoms with van der Waals surface area (Å²) < 4.78 is 25.8. The molecule has 0 bridgehead atoms. The fourth-order valence-corrected chi connectivity index (χ4v) is 2.97. The highest BCUT2D eigenvalue weighted by Gasteiger charge is 2.19. The number of anilines is 1. The molecule has 0 unspecified atom stereocenters. The van der Waals surface area contributed by atoms with Crippen LogP contribution in [0.1, 0.15) is 11.4 Å². The number of carbonyl (C=O) groups is 1. The van der Waals surface area contributed by atoms with Crippen LogP contribution in [0.25, 0.3) is 23.1 Å². The Kier molecular flexibility index (Phi) is 4.52. The lowest BCUT2D eigenvalue weighted by Crippen LogP contribution is -2.20. The number of nitrogens with one attached hydrogen (secondary N) is 1. The summed E-state index contributed by atoms with van der Waals surface area (Å²) in [6, 6.07) is 11.0. The number of aryl methyl sites for hydroxylation is 1. The summed E-state index contributed by atoms with van der Waals surface area (Å²) in [6.45, 7) is 3.88. The van der Waals surface area contributed by atoms with Crippen LogP contribution in [-0.4, -0.2) is 20.7 Å². The van der Waals surface area contributed by atoms with Crippen molar-refractivity contribution >= 4 is 11.6 Å². The van der Waals surface area contributed by atoms with Gasteiger partial charge in [0, 0.05) is 17.1 Å². The van der Waals surface area contributed by atoms with Crippen molar-refractivity contribution in [3.05, 3.63) is 65.9 Å². The Morgan fingerprint density at radius 3 is 2.61 bits per heavy atom. The molecule has 142 valence electrons. The molecule has 0 aliphatic heterocycles. The van der Waals surface area contributed by atoms with Gasteiger partial charge in [-0.05, 0) is 56.3 Å². The number of halogens is 1. The van der Waals surface area contributed by atoms with Crippen molar-refractivity contribution in [1.82, 2.24) is 14.8 Å². The van der Waals surface area contributed by atoms with Gasteiger partial charge >= 0.3 is 0 Å². The van der Waals surface area contributed by atoms with Crippen LogP contribution in [0.15, 0.2) is 57.6 Å². The van der Waals surface area contributed by atoms with Crippen molar-refractivity contribution in [1.29, 1.82) is 0 Å². The first-order chi connectivity index (χ1) is 13.5. The lowest BCUT2D eigenvalue weighted by atomic mass is 10.2. The first kappa shape index (κ1) is 17.7. The van der Waals surface area contributed by atoms with E-state index in [0.717, 1.165) is 17.0 Å². The van der Waals surface area contributed by atoms with E-state index in [1.54, 1.807) is 12.1 Å². The van der Waals surface area contributed by atoms with E-state index in [1.807, 2.05) is 24.5 Å². The molecule has 0 saturated heterocycles. The molecule has 28 heavy (non-hydrogen) atoms. The van der Waals surface area contributed by atoms with Crippen molar-refractivity contribution in [3.63, 3.8) is 0 Å². The summed E-state index contributed by atoms with van der Waals surface area (Å²) in [5.41, 5.74) is 2.98. The number of benzene rings is 1. The number of aromatic nitrogens is 3. The van der Waals surface area contributed by atoms with Crippen LogP contribution in [0, 0.1) is 19.7 Å². The minimum absolute atomic E-state index is 0.105. The summed E-state index contributed by atoms with van der Waals surface area (Å²) in [6.07, 6.45) is 1.53. The number of carbonyl (C=O) groups excluding carboxylic acids is 1. The Hall–Kier alpha value is -3.68. The molecule has 0 saturated carbocycles. The Labute approximate surface area is 159 Å². The molecule has 1 aromatic carbocycles. The van der Waals surface area contributed by atoms with E-state index in [0.29, 0.717) is 23.2 Å². The maximum atomic E-state index is 13.0. The van der Waals surface area contributed by atoms with Crippen LogP contribution in [-0.2, 0) is 11.3 Å². The van der Waals surface area contributed by atoms with E-state index in [4.69, 9.17) is 8.83 Å². The number of nitrogens with zero attached hydrogens (tertiary/aromatic N) is 3. The highest BCUT2D eigenvalue weighted by Crippen LogP contribution is 2.28. The molecule has 1 N–H and O–H groups in total. The average Bonchev–Trinajstić information content (AvgIpc) is 3.40. The molecule has 3 aromatic heterocycles. The zero-order valence-corrected chi connectivity index (χ0v) is 15.3. The van der Waals surface area contributed by atoms with Gasteiger partial charge in [-0.3, -0.25) is 4.79 Å². The van der Waals surface area contributed by atoms with Gasteiger partial charge in [0.15, 0.2) is 5.76 Å². The standard InChI is InChI=1S/C20H17FN4O3/c1-12-10-16(19-23-24-20(28-19)17-4-3-9-27-17)13(2)25(12)11-18(26)22-15-7-5-14(21)6-8-15/h3-10H,11H2,1-2H3,(H,22,26). The Morgan fingerprint density at radius 1 is 1.14 bits per heavy atom. The van der Waals surface area contributed by atoms with Crippen LogP contribution >= 0.6 is 0 Å². The molecule has 7 nitrogen and oxygen atoms in total. The highest BCUT2D eigenvalue weighted by atomic mass is 19.1. The molecule has 0 fully saturated rings. The molecule has 4 aromatic rings. The maximum Gasteiger partial charge on any atom is 0.283 e. The largest absolute Gasteiger partial charge is 0.459 e. The molecule has 0 aliphatic rings. The number of hydrogen-bond donors (Lipinski definition) is 1. The first-order valence-electron chi connectivity index (χ1n) is 8.61. The first-order valence-corrected chi connectivity index (χ1v) is 8.61. The number of furan rings is 1. The second-order valence-electron chi connectivity index (χ2n) is 6.32. The summed E-state index contributed by atoms with van der Waals surface area (Å²) in [5, 5.41) is 10.8. The maximum absolute atomic E-state index is 13.0. The van der Waals surface area contributed by atoms with E-state index in [1.165, 1.54) is 30.5 Å². The predicted octanol–water partition coefficient (Wildman–Crippen LogP) is 4.19. The number of hydrogen-bond acceptors (Lipinski definition) is 5. The minimum atomic E-state index is -0.354. The molecular formula is C20H17FN4O3. The van der Waals surface area contributed by atoms with Gasteiger partial charge in [0.2, 0.25) is 11.8 Å². The smallest absolute Gasteiger partial charge is 0.283 e. The molecule has 1 amide bonds.